The molecule has 58 valence electrons. The maximum Gasteiger partial charge on any atom is 0.306 e. The Morgan fingerprint density at radius 2 is 2.50 bits per heavy atom. The van der Waals surface area contributed by atoms with Crippen LogP contribution in [-0.4, -0.2) is 17.5 Å². The van der Waals surface area contributed by atoms with Crippen molar-refractivity contribution in [1.82, 2.24) is 0 Å². The van der Waals surface area contributed by atoms with Crippen LogP contribution in [0.3, 0.4) is 0 Å². The van der Waals surface area contributed by atoms with Gasteiger partial charge in [-0.2, -0.15) is 0 Å². The molecule has 0 N–H and O–H groups in total. The van der Waals surface area contributed by atoms with Crippen molar-refractivity contribution in [2.24, 2.45) is 0 Å². The molecule has 0 radical (unpaired) electrons. The number of hydrogen-bond donors (Lipinski definition) is 0. The van der Waals surface area contributed by atoms with Crippen LogP contribution in [0, 0.1) is 0 Å². The molecule has 0 amide bonds. The monoisotopic (exact) mass is 162 g/mol. The molecule has 3 heteroatoms. The second-order valence-electron chi connectivity index (χ2n) is 2.64. The fourth-order valence-corrected chi connectivity index (χ4v) is 1.49. The molecule has 2 nitrogen and oxygen atoms in total. The minimum Gasteiger partial charge on any atom is -0.458 e. The number of hydrogen-bond acceptors (Lipinski definition) is 2. The largest absolute Gasteiger partial charge is 0.458 e. The van der Waals surface area contributed by atoms with Gasteiger partial charge >= 0.3 is 5.97 Å². The highest BCUT2D eigenvalue weighted by atomic mass is 35.5. The summed E-state index contributed by atoms with van der Waals surface area (Å²) in [5.41, 5.74) is -0.335. The summed E-state index contributed by atoms with van der Waals surface area (Å²) in [6.07, 6.45) is 2.13. The fraction of sp³-hybridized carbons (Fsp3) is 0.857. The third-order valence-electron chi connectivity index (χ3n) is 2.00. The summed E-state index contributed by atoms with van der Waals surface area (Å²) >= 11 is 5.65. The first-order valence-corrected chi connectivity index (χ1v) is 4.04. The van der Waals surface area contributed by atoms with Crippen LogP contribution in [-0.2, 0) is 9.53 Å². The zero-order chi connectivity index (χ0) is 7.61. The Morgan fingerprint density at radius 1 is 1.80 bits per heavy atom. The summed E-state index contributed by atoms with van der Waals surface area (Å²) in [6, 6.07) is 0. The first-order valence-electron chi connectivity index (χ1n) is 3.50. The van der Waals surface area contributed by atoms with Gasteiger partial charge in [-0.25, -0.2) is 0 Å². The molecule has 0 bridgehead atoms. The summed E-state index contributed by atoms with van der Waals surface area (Å²) in [7, 11) is 0. The zero-order valence-electron chi connectivity index (χ0n) is 6.02. The Labute approximate surface area is 65.5 Å². The molecule has 0 aromatic heterocycles. The lowest BCUT2D eigenvalue weighted by molar-refractivity contribution is -0.147. The molecule has 1 saturated heterocycles. The molecule has 1 aliphatic heterocycles. The lowest BCUT2D eigenvalue weighted by atomic mass is 10.00. The molecule has 1 atom stereocenters. The summed E-state index contributed by atoms with van der Waals surface area (Å²) in [5.74, 6) is 0.317. The van der Waals surface area contributed by atoms with Gasteiger partial charge in [-0.05, 0) is 12.8 Å². The SMILES string of the molecule is CCC1(CCl)CCC(=O)O1. The zero-order valence-corrected chi connectivity index (χ0v) is 6.78. The average molecular weight is 163 g/mol. The van der Waals surface area contributed by atoms with Crippen molar-refractivity contribution in [3.05, 3.63) is 0 Å². The van der Waals surface area contributed by atoms with Crippen molar-refractivity contribution >= 4 is 17.6 Å². The van der Waals surface area contributed by atoms with Crippen LogP contribution in [0.4, 0.5) is 0 Å². The van der Waals surface area contributed by atoms with Gasteiger partial charge in [0.05, 0.1) is 5.88 Å². The Balaban J connectivity index is 2.59. The number of ether oxygens (including phenoxy) is 1. The molecule has 0 aromatic carbocycles. The van der Waals surface area contributed by atoms with Crippen LogP contribution >= 0.6 is 11.6 Å². The van der Waals surface area contributed by atoms with E-state index in [-0.39, 0.29) is 11.6 Å². The van der Waals surface area contributed by atoms with Crippen molar-refractivity contribution in [2.75, 3.05) is 5.88 Å². The van der Waals surface area contributed by atoms with Crippen molar-refractivity contribution < 1.29 is 9.53 Å². The normalized spacial score (nSPS) is 32.4. The van der Waals surface area contributed by atoms with Crippen molar-refractivity contribution in [3.63, 3.8) is 0 Å². The van der Waals surface area contributed by atoms with E-state index in [9.17, 15) is 4.79 Å². The number of halogens is 1. The summed E-state index contributed by atoms with van der Waals surface area (Å²) in [6.45, 7) is 1.99. The summed E-state index contributed by atoms with van der Waals surface area (Å²) in [5, 5.41) is 0. The van der Waals surface area contributed by atoms with E-state index in [1.54, 1.807) is 0 Å². The molecule has 10 heavy (non-hydrogen) atoms. The Kier molecular flexibility index (Phi) is 2.19. The maximum atomic E-state index is 10.7. The third-order valence-corrected chi connectivity index (χ3v) is 2.49. The van der Waals surface area contributed by atoms with Gasteiger partial charge in [-0.3, -0.25) is 4.79 Å². The molecule has 0 spiro atoms. The molecule has 1 heterocycles. The number of esters is 1. The minimum atomic E-state index is -0.335. The highest BCUT2D eigenvalue weighted by molar-refractivity contribution is 6.18. The minimum absolute atomic E-state index is 0.109. The molecule has 1 rings (SSSR count). The van der Waals surface area contributed by atoms with Crippen molar-refractivity contribution in [1.29, 1.82) is 0 Å². The number of carbonyl (C=O) groups is 1. The summed E-state index contributed by atoms with van der Waals surface area (Å²) in [4.78, 5) is 10.7. The molecular weight excluding hydrogens is 152 g/mol. The predicted octanol–water partition coefficient (Wildman–Crippen LogP) is 1.71. The number of carbonyl (C=O) groups excluding carboxylic acids is 1. The van der Waals surface area contributed by atoms with Gasteiger partial charge in [0.2, 0.25) is 0 Å². The third kappa shape index (κ3) is 1.26. The van der Waals surface area contributed by atoms with E-state index in [0.717, 1.165) is 12.8 Å². The number of alkyl halides is 1. The lowest BCUT2D eigenvalue weighted by Crippen LogP contribution is -2.29. The molecule has 1 fully saturated rings. The molecule has 0 aromatic rings. The molecule has 0 saturated carbocycles. The van der Waals surface area contributed by atoms with Gasteiger partial charge in [0.1, 0.15) is 5.60 Å². The van der Waals surface area contributed by atoms with Crippen LogP contribution in [0.1, 0.15) is 26.2 Å². The second-order valence-corrected chi connectivity index (χ2v) is 2.91. The number of cyclic esters (lactones) is 1. The highest BCUT2D eigenvalue weighted by Crippen LogP contribution is 2.30. The van der Waals surface area contributed by atoms with Crippen LogP contribution in [0.25, 0.3) is 0 Å². The van der Waals surface area contributed by atoms with E-state index in [2.05, 4.69) is 0 Å². The Hall–Kier alpha value is -0.240. The van der Waals surface area contributed by atoms with Crippen molar-refractivity contribution in [2.45, 2.75) is 31.8 Å². The quantitative estimate of drug-likeness (QED) is 0.457. The second kappa shape index (κ2) is 2.79. The first-order chi connectivity index (χ1) is 4.72. The average Bonchev–Trinajstić information content (AvgIpc) is 2.33. The van der Waals surface area contributed by atoms with E-state index in [1.165, 1.54) is 0 Å². The van der Waals surface area contributed by atoms with E-state index in [4.69, 9.17) is 16.3 Å². The molecule has 1 aliphatic rings. The van der Waals surface area contributed by atoms with Crippen molar-refractivity contribution in [3.8, 4) is 0 Å². The van der Waals surface area contributed by atoms with Crippen LogP contribution < -0.4 is 0 Å². The predicted molar refractivity (Wildman–Crippen MR) is 39.1 cm³/mol. The van der Waals surface area contributed by atoms with E-state index in [0.29, 0.717) is 12.3 Å². The summed E-state index contributed by atoms with van der Waals surface area (Å²) < 4.78 is 5.08. The van der Waals surface area contributed by atoms with Crippen LogP contribution in [0.15, 0.2) is 0 Å². The van der Waals surface area contributed by atoms with E-state index >= 15 is 0 Å². The van der Waals surface area contributed by atoms with Gasteiger partial charge in [0.15, 0.2) is 0 Å². The van der Waals surface area contributed by atoms with E-state index < -0.39 is 0 Å². The highest BCUT2D eigenvalue weighted by Gasteiger charge is 2.37. The molecular formula is C7H11ClO2. The van der Waals surface area contributed by atoms with Crippen LogP contribution in [0.2, 0.25) is 0 Å². The standard InChI is InChI=1S/C7H11ClO2/c1-2-7(5-8)4-3-6(9)10-7/h2-5H2,1H3. The van der Waals surface area contributed by atoms with Gasteiger partial charge in [-0.15, -0.1) is 11.6 Å². The van der Waals surface area contributed by atoms with Gasteiger partial charge in [0.25, 0.3) is 0 Å². The first kappa shape index (κ1) is 7.86. The Bertz CT molecular complexity index is 141. The van der Waals surface area contributed by atoms with Gasteiger partial charge < -0.3 is 4.74 Å². The van der Waals surface area contributed by atoms with Gasteiger partial charge in [0, 0.05) is 6.42 Å². The van der Waals surface area contributed by atoms with Gasteiger partial charge in [-0.1, -0.05) is 6.92 Å². The van der Waals surface area contributed by atoms with Crippen LogP contribution in [0.5, 0.6) is 0 Å². The number of rotatable bonds is 2. The topological polar surface area (TPSA) is 26.3 Å². The maximum absolute atomic E-state index is 10.7. The lowest BCUT2D eigenvalue weighted by Gasteiger charge is -2.22. The fourth-order valence-electron chi connectivity index (χ4n) is 1.11. The van der Waals surface area contributed by atoms with E-state index in [1.807, 2.05) is 6.92 Å². The Morgan fingerprint density at radius 3 is 2.70 bits per heavy atom. The molecule has 1 unspecified atom stereocenters. The molecule has 0 aliphatic carbocycles. The smallest absolute Gasteiger partial charge is 0.306 e.